The number of hydrogen-bond acceptors (Lipinski definition) is 2. The average Bonchev–Trinajstić information content (AvgIpc) is 3.00. The second-order valence-corrected chi connectivity index (χ2v) is 6.92. The fourth-order valence-corrected chi connectivity index (χ4v) is 4.02. The number of para-hydroxylation sites is 1. The molecule has 0 atom stereocenters. The molecule has 0 aliphatic carbocycles. The number of hydrogen-bond donors (Lipinski definition) is 0. The molecule has 2 aliphatic heterocycles. The minimum atomic E-state index is -0.154. The first-order valence-corrected chi connectivity index (χ1v) is 8.96. The van der Waals surface area contributed by atoms with Crippen molar-refractivity contribution < 1.29 is 4.74 Å². The Hall–Kier alpha value is -1.74. The van der Waals surface area contributed by atoms with Gasteiger partial charge >= 0.3 is 0 Å². The molecule has 0 unspecified atom stereocenters. The molecule has 4 rings (SSSR count). The van der Waals surface area contributed by atoms with E-state index in [1.165, 1.54) is 30.6 Å². The van der Waals surface area contributed by atoms with Gasteiger partial charge in [-0.05, 0) is 31.2 Å². The summed E-state index contributed by atoms with van der Waals surface area (Å²) in [5.41, 5.74) is 2.48. The van der Waals surface area contributed by atoms with Crippen molar-refractivity contribution in [2.45, 2.75) is 44.8 Å². The van der Waals surface area contributed by atoms with Gasteiger partial charge in [0.05, 0.1) is 12.2 Å². The SMILES string of the molecule is CCCCN1CCC2(CC1)Oc1ccccc1Cn1cccc12. The first-order valence-electron chi connectivity index (χ1n) is 8.96. The zero-order chi connectivity index (χ0) is 15.7. The number of piperidine rings is 1. The number of ether oxygens (including phenoxy) is 1. The van der Waals surface area contributed by atoms with E-state index in [1.807, 2.05) is 0 Å². The molecule has 122 valence electrons. The lowest BCUT2D eigenvalue weighted by atomic mass is 9.87. The summed E-state index contributed by atoms with van der Waals surface area (Å²) in [5.74, 6) is 1.07. The van der Waals surface area contributed by atoms with Gasteiger partial charge in [-0.2, -0.15) is 0 Å². The Labute approximate surface area is 138 Å². The molecule has 0 amide bonds. The Balaban J connectivity index is 1.64. The van der Waals surface area contributed by atoms with Crippen molar-refractivity contribution in [2.75, 3.05) is 19.6 Å². The van der Waals surface area contributed by atoms with Crippen LogP contribution in [0.4, 0.5) is 0 Å². The lowest BCUT2D eigenvalue weighted by Crippen LogP contribution is -2.46. The minimum Gasteiger partial charge on any atom is -0.481 e. The summed E-state index contributed by atoms with van der Waals surface area (Å²) in [6, 6.07) is 12.9. The maximum atomic E-state index is 6.68. The molecular formula is C20H26N2O. The van der Waals surface area contributed by atoms with Gasteiger partial charge in [0.15, 0.2) is 5.60 Å². The van der Waals surface area contributed by atoms with Crippen LogP contribution in [0.25, 0.3) is 0 Å². The van der Waals surface area contributed by atoms with E-state index < -0.39 is 0 Å². The Morgan fingerprint density at radius 3 is 2.74 bits per heavy atom. The molecule has 3 nitrogen and oxygen atoms in total. The molecule has 3 heteroatoms. The van der Waals surface area contributed by atoms with Crippen LogP contribution < -0.4 is 4.74 Å². The van der Waals surface area contributed by atoms with Crippen molar-refractivity contribution in [1.29, 1.82) is 0 Å². The highest BCUT2D eigenvalue weighted by Gasteiger charge is 2.42. The predicted molar refractivity (Wildman–Crippen MR) is 92.9 cm³/mol. The minimum absolute atomic E-state index is 0.154. The van der Waals surface area contributed by atoms with E-state index in [0.717, 1.165) is 38.2 Å². The van der Waals surface area contributed by atoms with Gasteiger partial charge < -0.3 is 14.2 Å². The second-order valence-electron chi connectivity index (χ2n) is 6.92. The zero-order valence-electron chi connectivity index (χ0n) is 14.0. The molecule has 1 aromatic heterocycles. The summed E-state index contributed by atoms with van der Waals surface area (Å²) in [6.45, 7) is 6.67. The third kappa shape index (κ3) is 2.67. The highest BCUT2D eigenvalue weighted by Crippen LogP contribution is 2.41. The molecule has 1 saturated heterocycles. The van der Waals surface area contributed by atoms with Gasteiger partial charge in [-0.15, -0.1) is 0 Å². The van der Waals surface area contributed by atoms with Gasteiger partial charge in [-0.1, -0.05) is 31.5 Å². The largest absolute Gasteiger partial charge is 0.481 e. The quantitative estimate of drug-likeness (QED) is 0.852. The third-order valence-electron chi connectivity index (χ3n) is 5.41. The number of benzene rings is 1. The Morgan fingerprint density at radius 1 is 1.09 bits per heavy atom. The van der Waals surface area contributed by atoms with E-state index in [-0.39, 0.29) is 5.60 Å². The van der Waals surface area contributed by atoms with Crippen LogP contribution in [0.2, 0.25) is 0 Å². The second kappa shape index (κ2) is 6.04. The van der Waals surface area contributed by atoms with Crippen LogP contribution in [0.3, 0.4) is 0 Å². The predicted octanol–water partition coefficient (Wildman–Crippen LogP) is 4.02. The van der Waals surface area contributed by atoms with Gasteiger partial charge in [-0.3, -0.25) is 0 Å². The summed E-state index contributed by atoms with van der Waals surface area (Å²) in [5, 5.41) is 0. The third-order valence-corrected chi connectivity index (χ3v) is 5.41. The summed E-state index contributed by atoms with van der Waals surface area (Å²) in [6.07, 6.45) is 6.93. The molecular weight excluding hydrogens is 284 g/mol. The van der Waals surface area contributed by atoms with Crippen molar-refractivity contribution in [1.82, 2.24) is 9.47 Å². The highest BCUT2D eigenvalue weighted by atomic mass is 16.5. The summed E-state index contributed by atoms with van der Waals surface area (Å²) in [4.78, 5) is 2.60. The molecule has 1 spiro atoms. The normalized spacial score (nSPS) is 19.7. The fraction of sp³-hybridized carbons (Fsp3) is 0.500. The van der Waals surface area contributed by atoms with Crippen molar-refractivity contribution >= 4 is 0 Å². The summed E-state index contributed by atoms with van der Waals surface area (Å²) < 4.78 is 9.06. The number of fused-ring (bicyclic) bond motifs is 3. The smallest absolute Gasteiger partial charge is 0.151 e. The lowest BCUT2D eigenvalue weighted by molar-refractivity contribution is -0.00622. The molecule has 1 aromatic carbocycles. The van der Waals surface area contributed by atoms with Crippen LogP contribution in [0.15, 0.2) is 42.6 Å². The van der Waals surface area contributed by atoms with Crippen LogP contribution in [-0.2, 0) is 12.1 Å². The van der Waals surface area contributed by atoms with E-state index in [4.69, 9.17) is 4.74 Å². The van der Waals surface area contributed by atoms with Gasteiger partial charge in [0.2, 0.25) is 0 Å². The maximum Gasteiger partial charge on any atom is 0.151 e. The van der Waals surface area contributed by atoms with Crippen LogP contribution in [0, 0.1) is 0 Å². The van der Waals surface area contributed by atoms with Crippen molar-refractivity contribution in [3.8, 4) is 5.75 Å². The number of nitrogens with zero attached hydrogens (tertiary/aromatic N) is 2. The molecule has 2 aliphatic rings. The monoisotopic (exact) mass is 310 g/mol. The number of likely N-dealkylation sites (tertiary alicyclic amines) is 1. The molecule has 0 bridgehead atoms. The standard InChI is InChI=1S/C20H26N2O/c1-2-3-12-21-14-10-20(11-15-21)19-9-6-13-22(19)16-17-7-4-5-8-18(17)23-20/h4-9,13H,2-3,10-12,14-16H2,1H3. The van der Waals surface area contributed by atoms with E-state index in [2.05, 4.69) is 59.0 Å². The van der Waals surface area contributed by atoms with Crippen LogP contribution in [0.5, 0.6) is 5.75 Å². The molecule has 2 aromatic rings. The number of aromatic nitrogens is 1. The topological polar surface area (TPSA) is 17.4 Å². The van der Waals surface area contributed by atoms with Gasteiger partial charge in [0.1, 0.15) is 5.75 Å². The first-order chi connectivity index (χ1) is 11.3. The molecule has 0 radical (unpaired) electrons. The van der Waals surface area contributed by atoms with Crippen molar-refractivity contribution in [2.24, 2.45) is 0 Å². The van der Waals surface area contributed by atoms with Crippen molar-refractivity contribution in [3.63, 3.8) is 0 Å². The van der Waals surface area contributed by atoms with Gasteiger partial charge in [0, 0.05) is 37.7 Å². The Bertz CT molecular complexity index is 668. The molecule has 23 heavy (non-hydrogen) atoms. The van der Waals surface area contributed by atoms with E-state index in [1.54, 1.807) is 0 Å². The molecule has 0 saturated carbocycles. The first kappa shape index (κ1) is 14.8. The average molecular weight is 310 g/mol. The number of rotatable bonds is 3. The Morgan fingerprint density at radius 2 is 1.91 bits per heavy atom. The van der Waals surface area contributed by atoms with Gasteiger partial charge in [0.25, 0.3) is 0 Å². The zero-order valence-corrected chi connectivity index (χ0v) is 14.0. The van der Waals surface area contributed by atoms with Crippen LogP contribution in [0.1, 0.15) is 43.9 Å². The maximum absolute atomic E-state index is 6.68. The van der Waals surface area contributed by atoms with E-state index in [0.29, 0.717) is 0 Å². The fourth-order valence-electron chi connectivity index (χ4n) is 4.02. The Kier molecular flexibility index (Phi) is 3.90. The number of unbranched alkanes of at least 4 members (excludes halogenated alkanes) is 1. The van der Waals surface area contributed by atoms with Gasteiger partial charge in [-0.25, -0.2) is 0 Å². The molecule has 1 fully saturated rings. The highest BCUT2D eigenvalue weighted by molar-refractivity contribution is 5.38. The van der Waals surface area contributed by atoms with E-state index in [9.17, 15) is 0 Å². The summed E-state index contributed by atoms with van der Waals surface area (Å²) in [7, 11) is 0. The summed E-state index contributed by atoms with van der Waals surface area (Å²) >= 11 is 0. The van der Waals surface area contributed by atoms with Crippen molar-refractivity contribution in [3.05, 3.63) is 53.9 Å². The molecule has 3 heterocycles. The van der Waals surface area contributed by atoms with E-state index >= 15 is 0 Å². The van der Waals surface area contributed by atoms with Crippen LogP contribution >= 0.6 is 0 Å². The molecule has 0 N–H and O–H groups in total. The van der Waals surface area contributed by atoms with Crippen LogP contribution in [-0.4, -0.2) is 29.1 Å². The lowest BCUT2D eigenvalue weighted by Gasteiger charge is -2.41.